The lowest BCUT2D eigenvalue weighted by atomic mass is 10.1. The van der Waals surface area contributed by atoms with E-state index in [1.807, 2.05) is 13.2 Å². The van der Waals surface area contributed by atoms with Crippen LogP contribution in [0.2, 0.25) is 5.02 Å². The first-order valence-electron chi connectivity index (χ1n) is 6.81. The van der Waals surface area contributed by atoms with Gasteiger partial charge in [-0.15, -0.1) is 0 Å². The molecule has 1 unspecified atom stereocenters. The third-order valence-corrected chi connectivity index (χ3v) is 3.94. The molecule has 1 aromatic rings. The van der Waals surface area contributed by atoms with Gasteiger partial charge < -0.3 is 10.4 Å². The summed E-state index contributed by atoms with van der Waals surface area (Å²) in [6.07, 6.45) is 3.32. The normalized spacial score (nSPS) is 11.4. The third kappa shape index (κ3) is 6.01. The van der Waals surface area contributed by atoms with Crippen molar-refractivity contribution in [3.05, 3.63) is 34.3 Å². The number of carbonyl (C=O) groups is 1. The molecule has 114 valence electrons. The van der Waals surface area contributed by atoms with Crippen LogP contribution in [0.1, 0.15) is 35.7 Å². The predicted octanol–water partition coefficient (Wildman–Crippen LogP) is 2.95. The molecule has 0 heterocycles. The third-order valence-electron chi connectivity index (χ3n) is 2.89. The number of aliphatic hydroxyl groups excluding tert-OH is 1. The molecule has 3 nitrogen and oxygen atoms in total. The second kappa shape index (κ2) is 9.73. The van der Waals surface area contributed by atoms with Gasteiger partial charge in [0, 0.05) is 29.3 Å². The molecule has 0 bridgehead atoms. The highest BCUT2D eigenvalue weighted by Gasteiger charge is 2.12. The van der Waals surface area contributed by atoms with Crippen LogP contribution in [0.4, 0.5) is 0 Å². The summed E-state index contributed by atoms with van der Waals surface area (Å²) in [5.41, 5.74) is 1.20. The maximum atomic E-state index is 12.2. The minimum atomic E-state index is -0.118. The summed E-state index contributed by atoms with van der Waals surface area (Å²) in [5, 5.41) is 12.1. The molecule has 0 saturated carbocycles. The molecular weight excluding hydrogens is 306 g/mol. The average Bonchev–Trinajstić information content (AvgIpc) is 2.48. The SMILES string of the molecule is CCC(CSC)NC(=O)c1ccc(C#CCCO)c(Cl)c1. The number of amides is 1. The Hall–Kier alpha value is -1.15. The van der Waals surface area contributed by atoms with Gasteiger partial charge in [0.25, 0.3) is 5.91 Å². The topological polar surface area (TPSA) is 49.3 Å². The number of hydrogen-bond acceptors (Lipinski definition) is 3. The summed E-state index contributed by atoms with van der Waals surface area (Å²) in [5.74, 6) is 6.46. The van der Waals surface area contributed by atoms with E-state index in [2.05, 4.69) is 17.2 Å². The van der Waals surface area contributed by atoms with Crippen molar-refractivity contribution in [1.29, 1.82) is 0 Å². The van der Waals surface area contributed by atoms with Crippen LogP contribution in [-0.4, -0.2) is 35.7 Å². The number of benzene rings is 1. The molecule has 0 aromatic heterocycles. The van der Waals surface area contributed by atoms with Gasteiger partial charge in [-0.25, -0.2) is 0 Å². The maximum Gasteiger partial charge on any atom is 0.251 e. The van der Waals surface area contributed by atoms with Gasteiger partial charge in [0.2, 0.25) is 0 Å². The highest BCUT2D eigenvalue weighted by molar-refractivity contribution is 7.98. The van der Waals surface area contributed by atoms with Crippen LogP contribution < -0.4 is 5.32 Å². The Morgan fingerprint density at radius 3 is 2.86 bits per heavy atom. The molecule has 0 aliphatic rings. The minimum Gasteiger partial charge on any atom is -0.395 e. The van der Waals surface area contributed by atoms with E-state index in [0.29, 0.717) is 22.6 Å². The Balaban J connectivity index is 2.79. The Morgan fingerprint density at radius 2 is 2.29 bits per heavy atom. The molecule has 0 radical (unpaired) electrons. The zero-order valence-corrected chi connectivity index (χ0v) is 13.9. The van der Waals surface area contributed by atoms with Gasteiger partial charge in [0.15, 0.2) is 0 Å². The average molecular weight is 326 g/mol. The van der Waals surface area contributed by atoms with Crippen molar-refractivity contribution in [2.45, 2.75) is 25.8 Å². The second-order valence-corrected chi connectivity index (χ2v) is 5.82. The molecule has 1 rings (SSSR count). The van der Waals surface area contributed by atoms with Crippen LogP contribution in [0.5, 0.6) is 0 Å². The van der Waals surface area contributed by atoms with Crippen LogP contribution in [0.15, 0.2) is 18.2 Å². The quantitative estimate of drug-likeness (QED) is 0.791. The maximum absolute atomic E-state index is 12.2. The molecule has 1 atom stereocenters. The molecule has 1 aromatic carbocycles. The smallest absolute Gasteiger partial charge is 0.251 e. The molecule has 0 aliphatic heterocycles. The van der Waals surface area contributed by atoms with E-state index in [0.717, 1.165) is 12.2 Å². The molecule has 2 N–H and O–H groups in total. The Morgan fingerprint density at radius 1 is 1.52 bits per heavy atom. The van der Waals surface area contributed by atoms with E-state index in [-0.39, 0.29) is 18.6 Å². The highest BCUT2D eigenvalue weighted by atomic mass is 35.5. The summed E-state index contributed by atoms with van der Waals surface area (Å²) in [6, 6.07) is 5.24. The Bertz CT molecular complexity index is 537. The fourth-order valence-electron chi connectivity index (χ4n) is 1.70. The summed E-state index contributed by atoms with van der Waals surface area (Å²) in [7, 11) is 0. The number of rotatable bonds is 6. The van der Waals surface area contributed by atoms with E-state index in [4.69, 9.17) is 16.7 Å². The van der Waals surface area contributed by atoms with E-state index < -0.39 is 0 Å². The second-order valence-electron chi connectivity index (χ2n) is 4.50. The number of carbonyl (C=O) groups excluding carboxylic acids is 1. The van der Waals surface area contributed by atoms with Crippen molar-refractivity contribution in [3.8, 4) is 11.8 Å². The first kappa shape index (κ1) is 17.9. The molecule has 5 heteroatoms. The standard InChI is InChI=1S/C16H20ClNO2S/c1-3-14(11-21-2)18-16(20)13-8-7-12(15(17)10-13)6-4-5-9-19/h7-8,10,14,19H,3,5,9,11H2,1-2H3,(H,18,20). The van der Waals surface area contributed by atoms with Crippen LogP contribution >= 0.6 is 23.4 Å². The van der Waals surface area contributed by atoms with Crippen molar-refractivity contribution < 1.29 is 9.90 Å². The van der Waals surface area contributed by atoms with Gasteiger partial charge in [-0.2, -0.15) is 11.8 Å². The van der Waals surface area contributed by atoms with E-state index in [9.17, 15) is 4.79 Å². The molecule has 0 saturated heterocycles. The largest absolute Gasteiger partial charge is 0.395 e. The van der Waals surface area contributed by atoms with Gasteiger partial charge in [-0.3, -0.25) is 4.79 Å². The summed E-state index contributed by atoms with van der Waals surface area (Å²) in [6.45, 7) is 2.08. The zero-order chi connectivity index (χ0) is 15.7. The number of thioether (sulfide) groups is 1. The molecular formula is C16H20ClNO2S. The fraction of sp³-hybridized carbons (Fsp3) is 0.438. The lowest BCUT2D eigenvalue weighted by molar-refractivity contribution is 0.0940. The minimum absolute atomic E-state index is 0.0267. The van der Waals surface area contributed by atoms with Crippen LogP contribution in [-0.2, 0) is 0 Å². The number of nitrogens with one attached hydrogen (secondary N) is 1. The zero-order valence-electron chi connectivity index (χ0n) is 12.3. The van der Waals surface area contributed by atoms with Crippen LogP contribution in [0.3, 0.4) is 0 Å². The van der Waals surface area contributed by atoms with Crippen molar-refractivity contribution in [1.82, 2.24) is 5.32 Å². The van der Waals surface area contributed by atoms with Crippen LogP contribution in [0, 0.1) is 11.8 Å². The Labute approximate surface area is 135 Å². The fourth-order valence-corrected chi connectivity index (χ4v) is 2.65. The first-order chi connectivity index (χ1) is 10.1. The molecule has 1 amide bonds. The predicted molar refractivity (Wildman–Crippen MR) is 90.0 cm³/mol. The van der Waals surface area contributed by atoms with Crippen LogP contribution in [0.25, 0.3) is 0 Å². The van der Waals surface area contributed by atoms with Crippen molar-refractivity contribution in [2.75, 3.05) is 18.6 Å². The Kier molecular flexibility index (Phi) is 8.29. The summed E-state index contributed by atoms with van der Waals surface area (Å²) < 4.78 is 0. The van der Waals surface area contributed by atoms with E-state index >= 15 is 0 Å². The number of hydrogen-bond donors (Lipinski definition) is 2. The van der Waals surface area contributed by atoms with Crippen molar-refractivity contribution in [3.63, 3.8) is 0 Å². The van der Waals surface area contributed by atoms with E-state index in [1.54, 1.807) is 30.0 Å². The molecule has 21 heavy (non-hydrogen) atoms. The van der Waals surface area contributed by atoms with Gasteiger partial charge in [0.1, 0.15) is 0 Å². The van der Waals surface area contributed by atoms with Gasteiger partial charge in [-0.05, 0) is 30.9 Å². The molecule has 0 aliphatic carbocycles. The van der Waals surface area contributed by atoms with Gasteiger partial charge in [0.05, 0.1) is 11.6 Å². The molecule has 0 fully saturated rings. The summed E-state index contributed by atoms with van der Waals surface area (Å²) >= 11 is 7.84. The molecule has 0 spiro atoms. The lowest BCUT2D eigenvalue weighted by Gasteiger charge is -2.15. The number of halogens is 1. The van der Waals surface area contributed by atoms with E-state index in [1.165, 1.54) is 0 Å². The van der Waals surface area contributed by atoms with Crippen molar-refractivity contribution >= 4 is 29.3 Å². The van der Waals surface area contributed by atoms with Crippen molar-refractivity contribution in [2.24, 2.45) is 0 Å². The highest BCUT2D eigenvalue weighted by Crippen LogP contribution is 2.17. The van der Waals surface area contributed by atoms with Gasteiger partial charge in [-0.1, -0.05) is 30.4 Å². The lowest BCUT2D eigenvalue weighted by Crippen LogP contribution is -2.36. The summed E-state index contributed by atoms with van der Waals surface area (Å²) in [4.78, 5) is 12.2. The van der Waals surface area contributed by atoms with Gasteiger partial charge >= 0.3 is 0 Å². The monoisotopic (exact) mass is 325 g/mol. The number of aliphatic hydroxyl groups is 1. The first-order valence-corrected chi connectivity index (χ1v) is 8.58.